The van der Waals surface area contributed by atoms with Crippen LogP contribution in [-0.4, -0.2) is 23.3 Å². The molecular formula is C33H32N2O2. The second-order valence-electron chi connectivity index (χ2n) is 10.7. The molecule has 4 nitrogen and oxygen atoms in total. The molecule has 4 aromatic carbocycles. The Bertz CT molecular complexity index is 1480. The summed E-state index contributed by atoms with van der Waals surface area (Å²) >= 11 is 0. The third-order valence-corrected chi connectivity index (χ3v) is 8.08. The summed E-state index contributed by atoms with van der Waals surface area (Å²) in [7, 11) is 0. The Kier molecular flexibility index (Phi) is 5.63. The van der Waals surface area contributed by atoms with Gasteiger partial charge in [-0.05, 0) is 47.9 Å². The molecule has 2 heterocycles. The minimum Gasteiger partial charge on any atom is -0.309 e. The third kappa shape index (κ3) is 3.50. The van der Waals surface area contributed by atoms with Crippen LogP contribution < -0.4 is 4.90 Å². The Balaban J connectivity index is 1.53. The highest BCUT2D eigenvalue weighted by Crippen LogP contribution is 2.53. The molecule has 4 aromatic rings. The van der Waals surface area contributed by atoms with E-state index in [0.717, 1.165) is 53.5 Å². The molecule has 0 N–H and O–H groups in total. The van der Waals surface area contributed by atoms with Crippen molar-refractivity contribution < 1.29 is 9.59 Å². The van der Waals surface area contributed by atoms with Gasteiger partial charge in [-0.25, -0.2) is 0 Å². The van der Waals surface area contributed by atoms with E-state index in [1.165, 1.54) is 16.0 Å². The average Bonchev–Trinajstić information content (AvgIpc) is 2.92. The van der Waals surface area contributed by atoms with Crippen molar-refractivity contribution in [2.24, 2.45) is 0 Å². The molecule has 0 spiro atoms. The summed E-state index contributed by atoms with van der Waals surface area (Å²) < 4.78 is 0. The van der Waals surface area contributed by atoms with Crippen molar-refractivity contribution in [1.82, 2.24) is 4.90 Å². The van der Waals surface area contributed by atoms with Crippen LogP contribution in [0.15, 0.2) is 78.9 Å². The Morgan fingerprint density at radius 2 is 1.27 bits per heavy atom. The fourth-order valence-electron chi connectivity index (χ4n) is 6.15. The van der Waals surface area contributed by atoms with Crippen LogP contribution in [0.4, 0.5) is 17.1 Å². The lowest BCUT2D eigenvalue weighted by Crippen LogP contribution is -2.41. The number of amides is 2. The van der Waals surface area contributed by atoms with Crippen molar-refractivity contribution in [3.63, 3.8) is 0 Å². The highest BCUT2D eigenvalue weighted by Gasteiger charge is 2.38. The number of fused-ring (bicyclic) bond motifs is 2. The highest BCUT2D eigenvalue weighted by molar-refractivity contribution is 6.27. The zero-order valence-corrected chi connectivity index (χ0v) is 21.8. The first-order valence-corrected chi connectivity index (χ1v) is 13.4. The summed E-state index contributed by atoms with van der Waals surface area (Å²) in [5.74, 6) is -0.366. The van der Waals surface area contributed by atoms with Crippen molar-refractivity contribution in [2.75, 3.05) is 11.4 Å². The number of carbonyl (C=O) groups is 2. The van der Waals surface area contributed by atoms with Gasteiger partial charge in [-0.1, -0.05) is 88.6 Å². The summed E-state index contributed by atoms with van der Waals surface area (Å²) in [5, 5.41) is 1.69. The normalized spacial score (nSPS) is 15.6. The van der Waals surface area contributed by atoms with Gasteiger partial charge >= 0.3 is 0 Å². The summed E-state index contributed by atoms with van der Waals surface area (Å²) in [5.41, 5.74) is 6.80. The lowest BCUT2D eigenvalue weighted by Gasteiger charge is -2.42. The first-order chi connectivity index (χ1) is 17.9. The number of para-hydroxylation sites is 2. The van der Waals surface area contributed by atoms with E-state index in [1.807, 2.05) is 24.3 Å². The number of carbonyl (C=O) groups excluding carboxylic acids is 2. The molecule has 0 saturated heterocycles. The second-order valence-corrected chi connectivity index (χ2v) is 10.7. The minimum atomic E-state index is -0.183. The van der Waals surface area contributed by atoms with Gasteiger partial charge in [-0.3, -0.25) is 14.5 Å². The lowest BCUT2D eigenvalue weighted by molar-refractivity contribution is 0.0608. The minimum absolute atomic E-state index is 0.153. The van der Waals surface area contributed by atoms with E-state index in [2.05, 4.69) is 80.3 Å². The number of benzene rings is 4. The summed E-state index contributed by atoms with van der Waals surface area (Å²) in [6.45, 7) is 7.17. The first kappa shape index (κ1) is 23.5. The van der Waals surface area contributed by atoms with Crippen molar-refractivity contribution >= 4 is 39.6 Å². The fourth-order valence-corrected chi connectivity index (χ4v) is 6.15. The molecule has 2 amide bonds. The molecule has 6 rings (SSSR count). The van der Waals surface area contributed by atoms with Gasteiger partial charge < -0.3 is 4.90 Å². The molecule has 0 bridgehead atoms. The zero-order chi connectivity index (χ0) is 25.7. The topological polar surface area (TPSA) is 40.6 Å². The molecule has 2 aliphatic rings. The van der Waals surface area contributed by atoms with Crippen LogP contribution >= 0.6 is 0 Å². The maximum Gasteiger partial charge on any atom is 0.261 e. The molecule has 4 heteroatoms. The van der Waals surface area contributed by atoms with Crippen LogP contribution in [0.3, 0.4) is 0 Å². The summed E-state index contributed by atoms with van der Waals surface area (Å²) in [4.78, 5) is 30.8. The van der Waals surface area contributed by atoms with Gasteiger partial charge in [-0.2, -0.15) is 0 Å². The van der Waals surface area contributed by atoms with Crippen molar-refractivity contribution in [1.29, 1.82) is 0 Å². The molecule has 2 aliphatic heterocycles. The molecule has 37 heavy (non-hydrogen) atoms. The van der Waals surface area contributed by atoms with Gasteiger partial charge in [-0.15, -0.1) is 0 Å². The number of rotatable bonds is 6. The predicted molar refractivity (Wildman–Crippen MR) is 150 cm³/mol. The van der Waals surface area contributed by atoms with Crippen LogP contribution in [0.25, 0.3) is 10.8 Å². The number of hydrogen-bond donors (Lipinski definition) is 0. The molecule has 0 aliphatic carbocycles. The Labute approximate surface area is 218 Å². The Hall–Kier alpha value is -3.92. The van der Waals surface area contributed by atoms with E-state index in [0.29, 0.717) is 17.7 Å². The number of imide groups is 1. The van der Waals surface area contributed by atoms with Gasteiger partial charge in [0.1, 0.15) is 0 Å². The first-order valence-electron chi connectivity index (χ1n) is 13.4. The summed E-state index contributed by atoms with van der Waals surface area (Å²) in [6, 6.07) is 26.9. The fraction of sp³-hybridized carbons (Fsp3) is 0.273. The Morgan fingerprint density at radius 1 is 0.649 bits per heavy atom. The van der Waals surface area contributed by atoms with Crippen molar-refractivity contribution in [3.8, 4) is 0 Å². The summed E-state index contributed by atoms with van der Waals surface area (Å²) in [6.07, 6.45) is 4.09. The van der Waals surface area contributed by atoms with E-state index in [-0.39, 0.29) is 17.2 Å². The van der Waals surface area contributed by atoms with Crippen LogP contribution in [0.5, 0.6) is 0 Å². The van der Waals surface area contributed by atoms with Gasteiger partial charge in [0, 0.05) is 33.9 Å². The van der Waals surface area contributed by atoms with Crippen LogP contribution in [0, 0.1) is 0 Å². The SMILES string of the molecule is CCCCCCN1C(=O)c2cccc3c(N4c5ccccc5C(C)(C)c5ccccc54)ccc(c23)C1=O. The smallest absolute Gasteiger partial charge is 0.261 e. The predicted octanol–water partition coefficient (Wildman–Crippen LogP) is 8.13. The van der Waals surface area contributed by atoms with E-state index in [1.54, 1.807) is 0 Å². The maximum atomic E-state index is 13.5. The van der Waals surface area contributed by atoms with E-state index in [4.69, 9.17) is 0 Å². The van der Waals surface area contributed by atoms with Crippen molar-refractivity contribution in [2.45, 2.75) is 51.9 Å². The number of nitrogens with zero attached hydrogens (tertiary/aromatic N) is 2. The highest BCUT2D eigenvalue weighted by atomic mass is 16.2. The molecule has 0 unspecified atom stereocenters. The van der Waals surface area contributed by atoms with Gasteiger partial charge in [0.15, 0.2) is 0 Å². The van der Waals surface area contributed by atoms with Gasteiger partial charge in [0.25, 0.3) is 11.8 Å². The maximum absolute atomic E-state index is 13.5. The molecule has 186 valence electrons. The molecule has 0 atom stereocenters. The lowest BCUT2D eigenvalue weighted by atomic mass is 9.73. The van der Waals surface area contributed by atoms with E-state index in [9.17, 15) is 9.59 Å². The number of hydrogen-bond acceptors (Lipinski definition) is 3. The third-order valence-electron chi connectivity index (χ3n) is 8.08. The molecule has 0 saturated carbocycles. The van der Waals surface area contributed by atoms with Crippen LogP contribution in [0.2, 0.25) is 0 Å². The average molecular weight is 489 g/mol. The van der Waals surface area contributed by atoms with Gasteiger partial charge in [0.05, 0.1) is 17.1 Å². The van der Waals surface area contributed by atoms with Crippen molar-refractivity contribution in [3.05, 3.63) is 101 Å². The number of unbranched alkanes of at least 4 members (excludes halogenated alkanes) is 3. The number of anilines is 3. The van der Waals surface area contributed by atoms with E-state index >= 15 is 0 Å². The molecule has 0 fully saturated rings. The quantitative estimate of drug-likeness (QED) is 0.203. The molecular weight excluding hydrogens is 456 g/mol. The molecule has 0 aromatic heterocycles. The van der Waals surface area contributed by atoms with Crippen LogP contribution in [0.1, 0.15) is 78.3 Å². The monoisotopic (exact) mass is 488 g/mol. The van der Waals surface area contributed by atoms with Crippen LogP contribution in [-0.2, 0) is 5.41 Å². The zero-order valence-electron chi connectivity index (χ0n) is 21.8. The molecule has 0 radical (unpaired) electrons. The van der Waals surface area contributed by atoms with Gasteiger partial charge in [0.2, 0.25) is 0 Å². The standard InChI is InChI=1S/C33H32N2O2/c1-4-5-6-11-21-34-31(36)23-14-12-13-22-27(20-19-24(30(22)23)32(34)37)35-28-17-9-7-15-25(28)33(2,3)26-16-8-10-18-29(26)35/h7-10,12-20H,4-6,11,21H2,1-3H3. The second kappa shape index (κ2) is 8.88. The Morgan fingerprint density at radius 3 is 1.92 bits per heavy atom. The largest absolute Gasteiger partial charge is 0.309 e. The van der Waals surface area contributed by atoms with E-state index < -0.39 is 0 Å².